The molecule has 1 aliphatic heterocycles. The standard InChI is InChI=1S/C14H16FN3O/c1-14(5-6-16-9-14)13-17-12(18-19-13)8-10-3-2-4-11(15)7-10/h2-4,7,16H,5-6,8-9H2,1H3. The van der Waals surface area contributed by atoms with Gasteiger partial charge in [0.1, 0.15) is 5.82 Å². The van der Waals surface area contributed by atoms with Crippen LogP contribution in [0.4, 0.5) is 4.39 Å². The number of hydrogen-bond acceptors (Lipinski definition) is 4. The summed E-state index contributed by atoms with van der Waals surface area (Å²) in [5, 5.41) is 7.29. The zero-order valence-corrected chi connectivity index (χ0v) is 10.8. The van der Waals surface area contributed by atoms with Crippen LogP contribution in [-0.4, -0.2) is 23.2 Å². The Morgan fingerprint density at radius 2 is 2.37 bits per heavy atom. The third kappa shape index (κ3) is 2.51. The lowest BCUT2D eigenvalue weighted by molar-refractivity contribution is 0.304. The van der Waals surface area contributed by atoms with E-state index in [0.29, 0.717) is 18.1 Å². The Hall–Kier alpha value is -1.75. The van der Waals surface area contributed by atoms with Gasteiger partial charge in [0.05, 0.1) is 5.41 Å². The highest BCUT2D eigenvalue weighted by molar-refractivity contribution is 5.20. The monoisotopic (exact) mass is 261 g/mol. The van der Waals surface area contributed by atoms with Crippen LogP contribution < -0.4 is 5.32 Å². The van der Waals surface area contributed by atoms with E-state index in [1.807, 2.05) is 6.07 Å². The zero-order valence-electron chi connectivity index (χ0n) is 10.8. The zero-order chi connectivity index (χ0) is 13.3. The predicted octanol–water partition coefficient (Wildman–Crippen LogP) is 2.05. The summed E-state index contributed by atoms with van der Waals surface area (Å²) in [6.45, 7) is 3.94. The van der Waals surface area contributed by atoms with Crippen LogP contribution in [0.3, 0.4) is 0 Å². The maximum absolute atomic E-state index is 13.1. The lowest BCUT2D eigenvalue weighted by Gasteiger charge is -2.15. The molecule has 1 atom stereocenters. The van der Waals surface area contributed by atoms with Crippen LogP contribution in [0.25, 0.3) is 0 Å². The normalized spacial score (nSPS) is 22.8. The molecule has 1 aromatic carbocycles. The van der Waals surface area contributed by atoms with E-state index < -0.39 is 0 Å². The Balaban J connectivity index is 1.78. The first-order valence-corrected chi connectivity index (χ1v) is 6.44. The first kappa shape index (κ1) is 12.3. The van der Waals surface area contributed by atoms with Crippen molar-refractivity contribution in [2.75, 3.05) is 13.1 Å². The number of halogens is 1. The van der Waals surface area contributed by atoms with E-state index >= 15 is 0 Å². The highest BCUT2D eigenvalue weighted by atomic mass is 19.1. The van der Waals surface area contributed by atoms with Gasteiger partial charge >= 0.3 is 0 Å². The van der Waals surface area contributed by atoms with Crippen molar-refractivity contribution < 1.29 is 8.91 Å². The van der Waals surface area contributed by atoms with Crippen LogP contribution in [0.15, 0.2) is 28.8 Å². The Morgan fingerprint density at radius 1 is 1.47 bits per heavy atom. The van der Waals surface area contributed by atoms with Gasteiger partial charge in [-0.1, -0.05) is 17.3 Å². The summed E-state index contributed by atoms with van der Waals surface area (Å²) in [6, 6.07) is 6.47. The van der Waals surface area contributed by atoms with Crippen molar-refractivity contribution in [3.05, 3.63) is 47.4 Å². The Bertz CT molecular complexity index is 576. The van der Waals surface area contributed by atoms with E-state index in [1.54, 1.807) is 6.07 Å². The molecule has 1 aliphatic rings. The fourth-order valence-corrected chi connectivity index (χ4v) is 2.40. The molecule has 0 spiro atoms. The number of nitrogens with one attached hydrogen (secondary N) is 1. The van der Waals surface area contributed by atoms with E-state index in [-0.39, 0.29) is 11.2 Å². The smallest absolute Gasteiger partial charge is 0.233 e. The third-order valence-corrected chi connectivity index (χ3v) is 3.60. The molecule has 0 bridgehead atoms. The molecule has 2 aromatic rings. The van der Waals surface area contributed by atoms with Crippen molar-refractivity contribution >= 4 is 0 Å². The first-order valence-electron chi connectivity index (χ1n) is 6.44. The van der Waals surface area contributed by atoms with Crippen molar-refractivity contribution in [1.29, 1.82) is 0 Å². The molecule has 4 nitrogen and oxygen atoms in total. The van der Waals surface area contributed by atoms with E-state index in [1.165, 1.54) is 12.1 Å². The molecule has 3 rings (SSSR count). The molecule has 100 valence electrons. The van der Waals surface area contributed by atoms with Crippen LogP contribution in [0.1, 0.15) is 30.6 Å². The van der Waals surface area contributed by atoms with Crippen molar-refractivity contribution in [3.63, 3.8) is 0 Å². The summed E-state index contributed by atoms with van der Waals surface area (Å²) in [4.78, 5) is 4.45. The van der Waals surface area contributed by atoms with Crippen LogP contribution >= 0.6 is 0 Å². The molecule has 0 amide bonds. The Morgan fingerprint density at radius 3 is 3.11 bits per heavy atom. The van der Waals surface area contributed by atoms with E-state index in [4.69, 9.17) is 4.52 Å². The Kier molecular flexibility index (Phi) is 3.06. The molecule has 5 heteroatoms. The van der Waals surface area contributed by atoms with E-state index in [2.05, 4.69) is 22.4 Å². The topological polar surface area (TPSA) is 51.0 Å². The molecule has 1 N–H and O–H groups in total. The number of nitrogens with zero attached hydrogens (tertiary/aromatic N) is 2. The van der Waals surface area contributed by atoms with Crippen molar-refractivity contribution in [1.82, 2.24) is 15.5 Å². The summed E-state index contributed by atoms with van der Waals surface area (Å²) in [7, 11) is 0. The first-order chi connectivity index (χ1) is 9.16. The minimum absolute atomic E-state index is 0.0762. The van der Waals surface area contributed by atoms with Crippen LogP contribution in [0, 0.1) is 5.82 Å². The second-order valence-electron chi connectivity index (χ2n) is 5.31. The van der Waals surface area contributed by atoms with Gasteiger partial charge in [0, 0.05) is 13.0 Å². The summed E-state index contributed by atoms with van der Waals surface area (Å²) < 4.78 is 18.5. The molecule has 1 aromatic heterocycles. The minimum atomic E-state index is -0.242. The number of hydrogen-bond donors (Lipinski definition) is 1. The molecule has 0 radical (unpaired) electrons. The second-order valence-corrected chi connectivity index (χ2v) is 5.31. The number of aromatic nitrogens is 2. The third-order valence-electron chi connectivity index (χ3n) is 3.60. The van der Waals surface area contributed by atoms with Gasteiger partial charge in [0.15, 0.2) is 5.82 Å². The second kappa shape index (κ2) is 4.74. The van der Waals surface area contributed by atoms with Gasteiger partial charge in [-0.3, -0.25) is 0 Å². The molecule has 0 aliphatic carbocycles. The molecule has 1 saturated heterocycles. The minimum Gasteiger partial charge on any atom is -0.339 e. The number of rotatable bonds is 3. The molecule has 1 unspecified atom stereocenters. The molecule has 1 fully saturated rings. The van der Waals surface area contributed by atoms with Crippen molar-refractivity contribution in [3.8, 4) is 0 Å². The fourth-order valence-electron chi connectivity index (χ4n) is 2.40. The highest BCUT2D eigenvalue weighted by Crippen LogP contribution is 2.28. The summed E-state index contributed by atoms with van der Waals surface area (Å²) in [5.74, 6) is 1.03. The molecule has 2 heterocycles. The lowest BCUT2D eigenvalue weighted by atomic mass is 9.90. The van der Waals surface area contributed by atoms with E-state index in [9.17, 15) is 4.39 Å². The van der Waals surface area contributed by atoms with Gasteiger partial charge in [-0.25, -0.2) is 4.39 Å². The van der Waals surface area contributed by atoms with Crippen LogP contribution in [0.2, 0.25) is 0 Å². The van der Waals surface area contributed by atoms with E-state index in [0.717, 1.165) is 25.1 Å². The average Bonchev–Trinajstić information content (AvgIpc) is 2.99. The van der Waals surface area contributed by atoms with Gasteiger partial charge < -0.3 is 9.84 Å². The molecular weight excluding hydrogens is 245 g/mol. The van der Waals surface area contributed by atoms with Crippen molar-refractivity contribution in [2.24, 2.45) is 0 Å². The SMILES string of the molecule is CC1(c2nc(Cc3cccc(F)c3)no2)CCNC1. The van der Waals surface area contributed by atoms with Gasteiger partial charge in [-0.15, -0.1) is 0 Å². The lowest BCUT2D eigenvalue weighted by Crippen LogP contribution is -2.25. The van der Waals surface area contributed by atoms with Gasteiger partial charge in [0.25, 0.3) is 0 Å². The number of benzene rings is 1. The van der Waals surface area contributed by atoms with Gasteiger partial charge in [0.2, 0.25) is 5.89 Å². The maximum Gasteiger partial charge on any atom is 0.233 e. The molecule has 0 saturated carbocycles. The van der Waals surface area contributed by atoms with Crippen LogP contribution in [0.5, 0.6) is 0 Å². The fraction of sp³-hybridized carbons (Fsp3) is 0.429. The van der Waals surface area contributed by atoms with Crippen LogP contribution in [-0.2, 0) is 11.8 Å². The van der Waals surface area contributed by atoms with Gasteiger partial charge in [-0.2, -0.15) is 4.98 Å². The largest absolute Gasteiger partial charge is 0.339 e. The summed E-state index contributed by atoms with van der Waals surface area (Å²) >= 11 is 0. The maximum atomic E-state index is 13.1. The summed E-state index contributed by atoms with van der Waals surface area (Å²) in [6.07, 6.45) is 1.49. The quantitative estimate of drug-likeness (QED) is 0.918. The Labute approximate surface area is 111 Å². The summed E-state index contributed by atoms with van der Waals surface area (Å²) in [5.41, 5.74) is 0.773. The highest BCUT2D eigenvalue weighted by Gasteiger charge is 2.36. The van der Waals surface area contributed by atoms with Gasteiger partial charge in [-0.05, 0) is 37.6 Å². The van der Waals surface area contributed by atoms with Crippen molar-refractivity contribution in [2.45, 2.75) is 25.2 Å². The predicted molar refractivity (Wildman–Crippen MR) is 68.3 cm³/mol. The molecular formula is C14H16FN3O. The molecule has 19 heavy (non-hydrogen) atoms. The average molecular weight is 261 g/mol.